The first-order chi connectivity index (χ1) is 11.1. The first-order valence-electron chi connectivity index (χ1n) is 6.76. The number of nitrogens with zero attached hydrogens (tertiary/aromatic N) is 2. The van der Waals surface area contributed by atoms with E-state index < -0.39 is 5.91 Å². The van der Waals surface area contributed by atoms with E-state index in [4.69, 9.17) is 20.8 Å². The molecule has 0 aliphatic rings. The lowest BCUT2D eigenvalue weighted by Crippen LogP contribution is -2.13. The molecule has 0 fully saturated rings. The summed E-state index contributed by atoms with van der Waals surface area (Å²) >= 11 is 6.08. The number of carbonyl (C=O) groups excluding carboxylic acids is 1. The van der Waals surface area contributed by atoms with E-state index in [1.165, 1.54) is 0 Å². The molecule has 6 nitrogen and oxygen atoms in total. The number of para-hydroxylation sites is 2. The Balaban J connectivity index is 1.85. The van der Waals surface area contributed by atoms with Crippen molar-refractivity contribution < 1.29 is 13.9 Å². The number of amides is 1. The van der Waals surface area contributed by atoms with Crippen LogP contribution in [0.15, 0.2) is 52.9 Å². The van der Waals surface area contributed by atoms with Crippen molar-refractivity contribution in [2.24, 2.45) is 0 Å². The Hall–Kier alpha value is -2.86. The smallest absolute Gasteiger partial charge is 0.322 e. The van der Waals surface area contributed by atoms with Crippen LogP contribution in [0.4, 0.5) is 6.01 Å². The molecule has 2 aromatic carbocycles. The third-order valence-corrected chi connectivity index (χ3v) is 3.25. The molecule has 0 aliphatic carbocycles. The third kappa shape index (κ3) is 3.49. The molecule has 0 radical (unpaired) electrons. The molecule has 23 heavy (non-hydrogen) atoms. The lowest BCUT2D eigenvalue weighted by molar-refractivity contribution is 0.102. The molecule has 0 saturated carbocycles. The number of hydrogen-bond donors (Lipinski definition) is 1. The van der Waals surface area contributed by atoms with Crippen LogP contribution in [-0.2, 0) is 0 Å². The number of nitrogens with one attached hydrogen (secondary N) is 1. The quantitative estimate of drug-likeness (QED) is 0.780. The van der Waals surface area contributed by atoms with Crippen LogP contribution in [0.25, 0.3) is 0 Å². The molecule has 0 atom stereocenters. The van der Waals surface area contributed by atoms with Crippen molar-refractivity contribution in [2.75, 3.05) is 5.32 Å². The van der Waals surface area contributed by atoms with Gasteiger partial charge in [0.1, 0.15) is 11.5 Å². The molecule has 0 aliphatic heterocycles. The highest BCUT2D eigenvalue weighted by Gasteiger charge is 2.16. The minimum absolute atomic E-state index is 0.0278. The molecular weight excluding hydrogens is 318 g/mol. The number of aryl methyl sites for hydroxylation is 1. The summed E-state index contributed by atoms with van der Waals surface area (Å²) in [4.78, 5) is 12.4. The molecule has 3 rings (SSSR count). The molecule has 0 unspecified atom stereocenters. The van der Waals surface area contributed by atoms with Crippen LogP contribution < -0.4 is 10.1 Å². The third-order valence-electron chi connectivity index (χ3n) is 2.93. The second kappa shape index (κ2) is 6.50. The van der Waals surface area contributed by atoms with Crippen molar-refractivity contribution in [3.8, 4) is 11.5 Å². The summed E-state index contributed by atoms with van der Waals surface area (Å²) in [5, 5.41) is 10.4. The zero-order valence-corrected chi connectivity index (χ0v) is 12.9. The van der Waals surface area contributed by atoms with E-state index in [2.05, 4.69) is 15.5 Å². The predicted octanol–water partition coefficient (Wildman–Crippen LogP) is 4.08. The number of ether oxygens (including phenoxy) is 1. The Labute approximate surface area is 137 Å². The van der Waals surface area contributed by atoms with Crippen LogP contribution in [0.1, 0.15) is 16.2 Å². The van der Waals surface area contributed by atoms with Gasteiger partial charge in [0, 0.05) is 6.92 Å². The zero-order valence-electron chi connectivity index (χ0n) is 12.1. The number of halogens is 1. The summed E-state index contributed by atoms with van der Waals surface area (Å²) in [6.45, 7) is 1.64. The molecule has 0 spiro atoms. The van der Waals surface area contributed by atoms with Crippen molar-refractivity contribution in [1.29, 1.82) is 0 Å². The van der Waals surface area contributed by atoms with E-state index in [1.54, 1.807) is 55.5 Å². The number of hydrogen-bond acceptors (Lipinski definition) is 5. The van der Waals surface area contributed by atoms with Gasteiger partial charge in [-0.05, 0) is 24.3 Å². The largest absolute Gasteiger partial charge is 0.455 e. The van der Waals surface area contributed by atoms with E-state index >= 15 is 0 Å². The van der Waals surface area contributed by atoms with Gasteiger partial charge in [0.15, 0.2) is 0 Å². The topological polar surface area (TPSA) is 77.2 Å². The second-order valence-corrected chi connectivity index (χ2v) is 5.02. The van der Waals surface area contributed by atoms with Crippen molar-refractivity contribution in [1.82, 2.24) is 10.2 Å². The minimum Gasteiger partial charge on any atom is -0.455 e. The predicted molar refractivity (Wildman–Crippen MR) is 85.0 cm³/mol. The maximum atomic E-state index is 12.4. The molecule has 1 amide bonds. The van der Waals surface area contributed by atoms with Crippen LogP contribution in [0.5, 0.6) is 11.5 Å². The van der Waals surface area contributed by atoms with Crippen LogP contribution in [0.2, 0.25) is 5.02 Å². The minimum atomic E-state index is -0.420. The van der Waals surface area contributed by atoms with Gasteiger partial charge in [-0.25, -0.2) is 0 Å². The van der Waals surface area contributed by atoms with E-state index in [-0.39, 0.29) is 6.01 Å². The lowest BCUT2D eigenvalue weighted by atomic mass is 10.2. The number of benzene rings is 2. The average molecular weight is 330 g/mol. The first-order valence-corrected chi connectivity index (χ1v) is 7.14. The summed E-state index contributed by atoms with van der Waals surface area (Å²) in [6, 6.07) is 13.9. The molecule has 0 bridgehead atoms. The van der Waals surface area contributed by atoms with E-state index in [1.807, 2.05) is 0 Å². The second-order valence-electron chi connectivity index (χ2n) is 4.61. The van der Waals surface area contributed by atoms with Gasteiger partial charge in [0.2, 0.25) is 5.89 Å². The molecule has 116 valence electrons. The fourth-order valence-corrected chi connectivity index (χ4v) is 2.08. The summed E-state index contributed by atoms with van der Waals surface area (Å²) in [5.74, 6) is 0.773. The Bertz CT molecular complexity index is 848. The van der Waals surface area contributed by atoms with Gasteiger partial charge in [0.05, 0.1) is 10.6 Å². The summed E-state index contributed by atoms with van der Waals surface area (Å²) < 4.78 is 10.9. The molecular formula is C16H12ClN3O3. The van der Waals surface area contributed by atoms with Gasteiger partial charge in [-0.3, -0.25) is 10.1 Å². The van der Waals surface area contributed by atoms with Crippen molar-refractivity contribution in [3.63, 3.8) is 0 Å². The Morgan fingerprint density at radius 2 is 1.78 bits per heavy atom. The van der Waals surface area contributed by atoms with Crippen molar-refractivity contribution >= 4 is 23.5 Å². The maximum Gasteiger partial charge on any atom is 0.322 e. The summed E-state index contributed by atoms with van der Waals surface area (Å²) in [6.07, 6.45) is 0. The molecule has 1 heterocycles. The molecule has 3 aromatic rings. The molecule has 0 saturated heterocycles. The van der Waals surface area contributed by atoms with E-state index in [9.17, 15) is 4.79 Å². The summed E-state index contributed by atoms with van der Waals surface area (Å²) in [5.41, 5.74) is 0.322. The molecule has 1 N–H and O–H groups in total. The highest BCUT2D eigenvalue weighted by atomic mass is 35.5. The maximum absolute atomic E-state index is 12.4. The van der Waals surface area contributed by atoms with E-state index in [0.29, 0.717) is 28.0 Å². The van der Waals surface area contributed by atoms with Crippen LogP contribution in [0, 0.1) is 6.92 Å². The van der Waals surface area contributed by atoms with Gasteiger partial charge in [-0.15, -0.1) is 5.10 Å². The monoisotopic (exact) mass is 329 g/mol. The highest BCUT2D eigenvalue weighted by Crippen LogP contribution is 2.31. The average Bonchev–Trinajstić information content (AvgIpc) is 2.95. The number of anilines is 1. The highest BCUT2D eigenvalue weighted by molar-refractivity contribution is 6.32. The Morgan fingerprint density at radius 3 is 2.48 bits per heavy atom. The van der Waals surface area contributed by atoms with Crippen LogP contribution in [-0.4, -0.2) is 16.1 Å². The fraction of sp³-hybridized carbons (Fsp3) is 0.0625. The van der Waals surface area contributed by atoms with Crippen LogP contribution >= 0.6 is 11.6 Å². The van der Waals surface area contributed by atoms with Gasteiger partial charge in [-0.1, -0.05) is 41.0 Å². The number of carbonyl (C=O) groups is 1. The number of rotatable bonds is 4. The van der Waals surface area contributed by atoms with Gasteiger partial charge >= 0.3 is 6.01 Å². The first kappa shape index (κ1) is 15.1. The number of aromatic nitrogens is 2. The molecule has 7 heteroatoms. The fourth-order valence-electron chi connectivity index (χ4n) is 1.90. The zero-order chi connectivity index (χ0) is 16.2. The lowest BCUT2D eigenvalue weighted by Gasteiger charge is -2.11. The molecule has 1 aromatic heterocycles. The van der Waals surface area contributed by atoms with Gasteiger partial charge < -0.3 is 9.15 Å². The SMILES string of the molecule is Cc1nnc(NC(=O)c2ccccc2Oc2ccccc2Cl)o1. The van der Waals surface area contributed by atoms with Crippen molar-refractivity contribution in [3.05, 3.63) is 65.0 Å². The normalized spacial score (nSPS) is 10.3. The Morgan fingerprint density at radius 1 is 1.09 bits per heavy atom. The van der Waals surface area contributed by atoms with Crippen molar-refractivity contribution in [2.45, 2.75) is 6.92 Å². The Kier molecular flexibility index (Phi) is 4.25. The standard InChI is InChI=1S/C16H12ClN3O3/c1-10-19-20-16(22-10)18-15(21)11-6-2-4-8-13(11)23-14-9-5-3-7-12(14)17/h2-9H,1H3,(H,18,20,21). The van der Waals surface area contributed by atoms with Crippen LogP contribution in [0.3, 0.4) is 0 Å². The van der Waals surface area contributed by atoms with Gasteiger partial charge in [-0.2, -0.15) is 0 Å². The van der Waals surface area contributed by atoms with E-state index in [0.717, 1.165) is 0 Å². The summed E-state index contributed by atoms with van der Waals surface area (Å²) in [7, 11) is 0. The van der Waals surface area contributed by atoms with Gasteiger partial charge in [0.25, 0.3) is 5.91 Å².